The fourth-order valence-corrected chi connectivity index (χ4v) is 2.80. The number of benzene rings is 1. The molecular formula is C20H34N10O3. The van der Waals surface area contributed by atoms with Gasteiger partial charge in [0.1, 0.15) is 6.04 Å². The molecular weight excluding hydrogens is 428 g/mol. The summed E-state index contributed by atoms with van der Waals surface area (Å²) < 4.78 is 0. The molecule has 0 saturated heterocycles. The Hall–Kier alpha value is -3.87. The van der Waals surface area contributed by atoms with Crippen molar-refractivity contribution in [2.24, 2.45) is 33.2 Å². The van der Waals surface area contributed by atoms with E-state index in [4.69, 9.17) is 23.2 Å². The van der Waals surface area contributed by atoms with Gasteiger partial charge < -0.3 is 27.9 Å². The lowest BCUT2D eigenvalue weighted by Crippen LogP contribution is -2.48. The van der Waals surface area contributed by atoms with Crippen molar-refractivity contribution < 1.29 is 14.4 Å². The molecule has 0 bridgehead atoms. The lowest BCUT2D eigenvalue weighted by molar-refractivity contribution is -0.130. The number of hydrogen-bond donors (Lipinski definition) is 8. The predicted molar refractivity (Wildman–Crippen MR) is 126 cm³/mol. The third-order valence-electron chi connectivity index (χ3n) is 4.50. The maximum absolute atomic E-state index is 12.7. The van der Waals surface area contributed by atoms with Crippen LogP contribution in [0.4, 0.5) is 0 Å². The maximum Gasteiger partial charge on any atom is 0.242 e. The molecule has 1 unspecified atom stereocenters. The molecule has 1 atom stereocenters. The molecule has 0 radical (unpaired) electrons. The molecule has 1 aromatic carbocycles. The van der Waals surface area contributed by atoms with Crippen LogP contribution in [-0.2, 0) is 20.8 Å². The summed E-state index contributed by atoms with van der Waals surface area (Å²) in [6, 6.07) is 8.88. The molecule has 13 nitrogen and oxygen atoms in total. The maximum atomic E-state index is 12.7. The number of aryl methyl sites for hydroxylation is 1. The summed E-state index contributed by atoms with van der Waals surface area (Å²) in [7, 11) is 0. The molecule has 12 N–H and O–H groups in total. The largest absolute Gasteiger partial charge is 0.370 e. The first-order chi connectivity index (χ1) is 15.8. The number of hydrogen-bond acceptors (Lipinski definition) is 7. The molecule has 3 amide bonds. The average Bonchev–Trinajstić information content (AvgIpc) is 2.81. The summed E-state index contributed by atoms with van der Waals surface area (Å²) in [6.45, 7) is 0.900. The van der Waals surface area contributed by atoms with Crippen LogP contribution in [0.15, 0.2) is 40.4 Å². The first-order valence-electron chi connectivity index (χ1n) is 10.6. The van der Waals surface area contributed by atoms with Crippen molar-refractivity contribution in [3.8, 4) is 0 Å². The van der Waals surface area contributed by atoms with E-state index in [9.17, 15) is 14.4 Å². The van der Waals surface area contributed by atoms with Crippen LogP contribution < -0.4 is 44.5 Å². The minimum absolute atomic E-state index is 0.0298. The topological polar surface area (TPSA) is 228 Å². The van der Waals surface area contributed by atoms with Gasteiger partial charge in [-0.2, -0.15) is 0 Å². The molecule has 1 rings (SSSR count). The highest BCUT2D eigenvalue weighted by atomic mass is 16.2. The number of nitrogens with one attached hydrogen (secondary N) is 4. The zero-order valence-electron chi connectivity index (χ0n) is 18.5. The lowest BCUT2D eigenvalue weighted by Gasteiger charge is -2.19. The van der Waals surface area contributed by atoms with Gasteiger partial charge >= 0.3 is 0 Å². The highest BCUT2D eigenvalue weighted by molar-refractivity contribution is 5.98. The van der Waals surface area contributed by atoms with Gasteiger partial charge in [-0.1, -0.05) is 30.3 Å². The highest BCUT2D eigenvalue weighted by Gasteiger charge is 2.21. The normalized spacial score (nSPS) is 11.7. The summed E-state index contributed by atoms with van der Waals surface area (Å²) in [5, 5.41) is 11.1. The van der Waals surface area contributed by atoms with Crippen molar-refractivity contribution in [3.05, 3.63) is 35.9 Å². The number of unbranched alkanes of at least 4 members (excludes halogenated alkanes) is 1. The van der Waals surface area contributed by atoms with Gasteiger partial charge in [-0.25, -0.2) is 5.84 Å². The Morgan fingerprint density at radius 2 is 1.70 bits per heavy atom. The minimum atomic E-state index is -0.745. The summed E-state index contributed by atoms with van der Waals surface area (Å²) in [5.41, 5.74) is 13.7. The number of guanidine groups is 2. The van der Waals surface area contributed by atoms with Crippen LogP contribution in [0.25, 0.3) is 0 Å². The van der Waals surface area contributed by atoms with Crippen molar-refractivity contribution in [2.75, 3.05) is 13.1 Å². The Morgan fingerprint density at radius 3 is 2.33 bits per heavy atom. The summed E-state index contributed by atoms with van der Waals surface area (Å²) in [6.07, 6.45) is 2.14. The van der Waals surface area contributed by atoms with Crippen LogP contribution in [0.5, 0.6) is 0 Å². The van der Waals surface area contributed by atoms with Gasteiger partial charge in [0.2, 0.25) is 23.7 Å². The van der Waals surface area contributed by atoms with Gasteiger partial charge in [0.25, 0.3) is 0 Å². The third-order valence-corrected chi connectivity index (χ3v) is 4.50. The average molecular weight is 463 g/mol. The molecule has 0 saturated carbocycles. The second-order valence-corrected chi connectivity index (χ2v) is 7.12. The molecule has 0 aliphatic carbocycles. The van der Waals surface area contributed by atoms with Gasteiger partial charge in [0.05, 0.1) is 0 Å². The summed E-state index contributed by atoms with van der Waals surface area (Å²) in [5.74, 6) is 8.84. The Labute approximate surface area is 192 Å². The van der Waals surface area contributed by atoms with Crippen molar-refractivity contribution in [1.82, 2.24) is 21.4 Å². The molecule has 13 heteroatoms. The number of amides is 3. The molecule has 33 heavy (non-hydrogen) atoms. The number of rotatable bonds is 13. The fraction of sp³-hybridized carbons (Fsp3) is 0.450. The molecule has 0 aromatic heterocycles. The monoisotopic (exact) mass is 462 g/mol. The Kier molecular flexibility index (Phi) is 13.1. The van der Waals surface area contributed by atoms with E-state index < -0.39 is 17.9 Å². The van der Waals surface area contributed by atoms with E-state index in [1.807, 2.05) is 30.3 Å². The van der Waals surface area contributed by atoms with Gasteiger partial charge in [-0.15, -0.1) is 5.10 Å². The highest BCUT2D eigenvalue weighted by Crippen LogP contribution is 2.06. The number of hydrazine groups is 1. The first-order valence-corrected chi connectivity index (χ1v) is 10.6. The lowest BCUT2D eigenvalue weighted by atomic mass is 10.0. The quantitative estimate of drug-likeness (QED) is 0.0529. The van der Waals surface area contributed by atoms with Crippen molar-refractivity contribution in [1.29, 1.82) is 0 Å². The Balaban J connectivity index is 2.57. The van der Waals surface area contributed by atoms with E-state index in [1.165, 1.54) is 0 Å². The Morgan fingerprint density at radius 1 is 1.00 bits per heavy atom. The number of carbonyl (C=O) groups is 3. The summed E-state index contributed by atoms with van der Waals surface area (Å²) >= 11 is 0. The van der Waals surface area contributed by atoms with Crippen LogP contribution in [0, 0.1) is 0 Å². The van der Waals surface area contributed by atoms with Crippen LogP contribution in [-0.4, -0.2) is 48.8 Å². The fourth-order valence-electron chi connectivity index (χ4n) is 2.80. The number of aliphatic imine (C=N–C) groups is 1. The van der Waals surface area contributed by atoms with E-state index in [2.05, 4.69) is 31.5 Å². The summed E-state index contributed by atoms with van der Waals surface area (Å²) in [4.78, 5) is 40.8. The molecule has 0 heterocycles. The van der Waals surface area contributed by atoms with Gasteiger partial charge in [-0.05, 0) is 31.2 Å². The second-order valence-electron chi connectivity index (χ2n) is 7.12. The van der Waals surface area contributed by atoms with E-state index in [0.29, 0.717) is 38.8 Å². The van der Waals surface area contributed by atoms with Gasteiger partial charge in [0, 0.05) is 25.9 Å². The number of carbonyl (C=O) groups excluding carboxylic acids is 3. The SMILES string of the molecule is N/N=C(\NN)NC(=O)CCC(=O)NC(CCc1ccccc1)C(=O)NCCCCN=C(N)N. The van der Waals surface area contributed by atoms with Crippen LogP contribution in [0.1, 0.15) is 37.7 Å². The van der Waals surface area contributed by atoms with E-state index in [0.717, 1.165) is 5.56 Å². The number of nitrogens with two attached hydrogens (primary N) is 4. The van der Waals surface area contributed by atoms with Crippen molar-refractivity contribution in [3.63, 3.8) is 0 Å². The van der Waals surface area contributed by atoms with Crippen molar-refractivity contribution >= 4 is 29.6 Å². The minimum Gasteiger partial charge on any atom is -0.370 e. The van der Waals surface area contributed by atoms with Gasteiger partial charge in [0.15, 0.2) is 5.96 Å². The van der Waals surface area contributed by atoms with Gasteiger partial charge in [-0.3, -0.25) is 30.1 Å². The number of hydrazone groups is 1. The standard InChI is InChI=1S/C20H34N10O3/c21-19(22)26-13-5-4-12-25-18(33)15(9-8-14-6-2-1-3-7-14)27-16(31)10-11-17(32)28-20(29-23)30-24/h1-3,6-7,15H,4-5,8-13,23-24H2,(H,25,33)(H,27,31)(H4,21,22,26)(H2,28,29,30,32). The third kappa shape index (κ3) is 12.5. The van der Waals surface area contributed by atoms with E-state index in [-0.39, 0.29) is 30.7 Å². The first kappa shape index (κ1) is 27.2. The predicted octanol–water partition coefficient (Wildman–Crippen LogP) is -2.14. The van der Waals surface area contributed by atoms with Crippen LogP contribution >= 0.6 is 0 Å². The number of nitrogens with zero attached hydrogens (tertiary/aromatic N) is 2. The molecule has 0 aliphatic rings. The van der Waals surface area contributed by atoms with Crippen molar-refractivity contribution in [2.45, 2.75) is 44.6 Å². The van der Waals surface area contributed by atoms with E-state index in [1.54, 1.807) is 0 Å². The molecule has 0 spiro atoms. The second kappa shape index (κ2) is 15.9. The molecule has 182 valence electrons. The zero-order chi connectivity index (χ0) is 24.5. The van der Waals surface area contributed by atoms with E-state index >= 15 is 0 Å². The van der Waals surface area contributed by atoms with Crippen LogP contribution in [0.3, 0.4) is 0 Å². The zero-order valence-corrected chi connectivity index (χ0v) is 18.5. The molecule has 0 aliphatic heterocycles. The molecule has 0 fully saturated rings. The van der Waals surface area contributed by atoms with Crippen LogP contribution in [0.2, 0.25) is 0 Å². The molecule has 1 aromatic rings. The smallest absolute Gasteiger partial charge is 0.242 e. The Bertz CT molecular complexity index is 810.